The summed E-state index contributed by atoms with van der Waals surface area (Å²) in [5.74, 6) is 2.58. The summed E-state index contributed by atoms with van der Waals surface area (Å²) in [5.41, 5.74) is 1.79. The molecule has 1 N–H and O–H groups in total. The lowest BCUT2D eigenvalue weighted by Crippen LogP contribution is -2.32. The van der Waals surface area contributed by atoms with Crippen LogP contribution in [-0.4, -0.2) is 62.4 Å². The van der Waals surface area contributed by atoms with E-state index in [2.05, 4.69) is 10.3 Å². The molecule has 29 heavy (non-hydrogen) atoms. The second-order valence-corrected chi connectivity index (χ2v) is 9.30. The Morgan fingerprint density at radius 2 is 2.03 bits per heavy atom. The fraction of sp³-hybridized carbons (Fsp3) is 0.526. The largest absolute Gasteiger partial charge is 0.496 e. The lowest BCUT2D eigenvalue weighted by molar-refractivity contribution is 0.296. The third-order valence-corrected chi connectivity index (χ3v) is 6.84. The van der Waals surface area contributed by atoms with Crippen molar-refractivity contribution < 1.29 is 22.6 Å². The minimum absolute atomic E-state index is 0. The van der Waals surface area contributed by atoms with Crippen molar-refractivity contribution in [3.63, 3.8) is 0 Å². The lowest BCUT2D eigenvalue weighted by Gasteiger charge is -2.16. The molecule has 0 bridgehead atoms. The van der Waals surface area contributed by atoms with Crippen LogP contribution in [0.5, 0.6) is 17.2 Å². The maximum atomic E-state index is 11.6. The number of hydrogen-bond donors (Lipinski definition) is 1. The van der Waals surface area contributed by atoms with Crippen molar-refractivity contribution in [2.45, 2.75) is 25.4 Å². The van der Waals surface area contributed by atoms with Gasteiger partial charge in [0.05, 0.1) is 50.0 Å². The molecule has 1 unspecified atom stereocenters. The second-order valence-electron chi connectivity index (χ2n) is 7.08. The van der Waals surface area contributed by atoms with Gasteiger partial charge in [0.1, 0.15) is 5.75 Å². The van der Waals surface area contributed by atoms with E-state index in [4.69, 9.17) is 14.2 Å². The normalized spacial score (nSPS) is 20.0. The maximum absolute atomic E-state index is 11.6. The van der Waals surface area contributed by atoms with E-state index in [0.29, 0.717) is 50.0 Å². The van der Waals surface area contributed by atoms with E-state index in [1.165, 1.54) is 0 Å². The summed E-state index contributed by atoms with van der Waals surface area (Å²) < 4.78 is 42.4. The average Bonchev–Trinajstić information content (AvgIpc) is 3.20. The Morgan fingerprint density at radius 1 is 1.28 bits per heavy atom. The first-order valence-corrected chi connectivity index (χ1v) is 11.3. The molecule has 10 heteroatoms. The topological polar surface area (TPSA) is 91.7 Å². The molecular formula is C19H26ClN3O5S. The number of methoxy groups -OCH3 is 1. The summed E-state index contributed by atoms with van der Waals surface area (Å²) >= 11 is 0. The van der Waals surface area contributed by atoms with Crippen LogP contribution in [0.15, 0.2) is 24.7 Å². The molecule has 8 nitrogen and oxygen atoms in total. The zero-order chi connectivity index (χ0) is 19.6. The lowest BCUT2D eigenvalue weighted by atomic mass is 10.1. The second kappa shape index (κ2) is 9.23. The number of sulfone groups is 1. The van der Waals surface area contributed by atoms with E-state index in [0.717, 1.165) is 17.7 Å². The molecule has 1 atom stereocenters. The first kappa shape index (κ1) is 21.7. The van der Waals surface area contributed by atoms with E-state index in [9.17, 15) is 8.42 Å². The molecule has 160 valence electrons. The predicted octanol–water partition coefficient (Wildman–Crippen LogP) is 1.92. The van der Waals surface area contributed by atoms with Gasteiger partial charge in [-0.2, -0.15) is 0 Å². The average molecular weight is 444 g/mol. The molecular weight excluding hydrogens is 418 g/mol. The first-order chi connectivity index (χ1) is 13.6. The highest BCUT2D eigenvalue weighted by atomic mass is 35.5. The quantitative estimate of drug-likeness (QED) is 0.729. The van der Waals surface area contributed by atoms with Crippen LogP contribution in [-0.2, 0) is 16.4 Å². The van der Waals surface area contributed by atoms with Crippen molar-refractivity contribution in [2.75, 3.05) is 38.4 Å². The fourth-order valence-electron chi connectivity index (χ4n) is 3.63. The van der Waals surface area contributed by atoms with Gasteiger partial charge in [0.2, 0.25) is 0 Å². The van der Waals surface area contributed by atoms with Crippen molar-refractivity contribution in [2.24, 2.45) is 0 Å². The summed E-state index contributed by atoms with van der Waals surface area (Å²) in [6.45, 7) is 2.57. The molecule has 0 radical (unpaired) electrons. The van der Waals surface area contributed by atoms with Crippen LogP contribution in [0.1, 0.15) is 12.8 Å². The van der Waals surface area contributed by atoms with Gasteiger partial charge < -0.3 is 24.1 Å². The Morgan fingerprint density at radius 3 is 2.72 bits per heavy atom. The molecule has 0 amide bonds. The molecule has 4 rings (SSSR count). The van der Waals surface area contributed by atoms with E-state index in [1.54, 1.807) is 19.6 Å². The van der Waals surface area contributed by atoms with Gasteiger partial charge in [-0.15, -0.1) is 12.4 Å². The third-order valence-electron chi connectivity index (χ3n) is 5.08. The Labute approximate surface area is 176 Å². The zero-order valence-electron chi connectivity index (χ0n) is 16.3. The first-order valence-electron chi connectivity index (χ1n) is 9.48. The van der Waals surface area contributed by atoms with Crippen LogP contribution < -0.4 is 19.5 Å². The van der Waals surface area contributed by atoms with Crippen LogP contribution in [0.3, 0.4) is 0 Å². The number of ether oxygens (including phenoxy) is 3. The molecule has 0 aliphatic carbocycles. The van der Waals surface area contributed by atoms with E-state index >= 15 is 0 Å². The van der Waals surface area contributed by atoms with Gasteiger partial charge in [0.25, 0.3) is 0 Å². The molecule has 2 aromatic rings. The summed E-state index contributed by atoms with van der Waals surface area (Å²) in [4.78, 5) is 4.29. The summed E-state index contributed by atoms with van der Waals surface area (Å²) in [6, 6.07) is 3.82. The smallest absolute Gasteiger partial charge is 0.164 e. The SMILES string of the molecule is COc1cc2c(cc1-c1cncn1CCNC1CCS(=O)(=O)C1)OCCCO2.Cl. The standard InChI is InChI=1S/C19H25N3O5S.ClH/c1-25-17-10-19-18(26-6-2-7-27-19)9-15(17)16-11-20-13-22(16)5-4-21-14-3-8-28(23,24)12-14;/h9-11,13-14,21H,2-8,12H2,1H3;1H. The number of benzene rings is 1. The van der Waals surface area contributed by atoms with Gasteiger partial charge in [0, 0.05) is 37.2 Å². The molecule has 0 saturated carbocycles. The molecule has 3 heterocycles. The molecule has 1 fully saturated rings. The van der Waals surface area contributed by atoms with E-state index in [-0.39, 0.29) is 30.0 Å². The van der Waals surface area contributed by atoms with E-state index < -0.39 is 9.84 Å². The minimum Gasteiger partial charge on any atom is -0.496 e. The Balaban J connectivity index is 0.00000240. The van der Waals surface area contributed by atoms with E-state index in [1.807, 2.05) is 16.7 Å². The molecule has 0 spiro atoms. The highest BCUT2D eigenvalue weighted by molar-refractivity contribution is 7.91. The van der Waals surface area contributed by atoms with Crippen LogP contribution in [0, 0.1) is 0 Å². The van der Waals surface area contributed by atoms with Crippen LogP contribution in [0.25, 0.3) is 11.3 Å². The summed E-state index contributed by atoms with van der Waals surface area (Å²) in [5, 5.41) is 3.34. The number of aromatic nitrogens is 2. The maximum Gasteiger partial charge on any atom is 0.164 e. The minimum atomic E-state index is -2.88. The van der Waals surface area contributed by atoms with Gasteiger partial charge in [-0.3, -0.25) is 0 Å². The Kier molecular flexibility index (Phi) is 6.92. The molecule has 1 saturated heterocycles. The van der Waals surface area contributed by atoms with Crippen LogP contribution >= 0.6 is 12.4 Å². The number of fused-ring (bicyclic) bond motifs is 1. The highest BCUT2D eigenvalue weighted by Gasteiger charge is 2.27. The highest BCUT2D eigenvalue weighted by Crippen LogP contribution is 2.41. The Hall–Kier alpha value is -1.97. The number of rotatable bonds is 6. The molecule has 1 aromatic carbocycles. The molecule has 1 aromatic heterocycles. The summed E-state index contributed by atoms with van der Waals surface area (Å²) in [7, 11) is -1.25. The van der Waals surface area contributed by atoms with Crippen molar-refractivity contribution in [1.82, 2.24) is 14.9 Å². The number of nitrogens with one attached hydrogen (secondary N) is 1. The van der Waals surface area contributed by atoms with Gasteiger partial charge in [-0.1, -0.05) is 0 Å². The van der Waals surface area contributed by atoms with Gasteiger partial charge in [-0.25, -0.2) is 13.4 Å². The zero-order valence-corrected chi connectivity index (χ0v) is 17.9. The van der Waals surface area contributed by atoms with Crippen LogP contribution in [0.2, 0.25) is 0 Å². The monoisotopic (exact) mass is 443 g/mol. The van der Waals surface area contributed by atoms with Crippen LogP contribution in [0.4, 0.5) is 0 Å². The fourth-order valence-corrected chi connectivity index (χ4v) is 5.34. The summed E-state index contributed by atoms with van der Waals surface area (Å²) in [6.07, 6.45) is 5.08. The Bertz CT molecular complexity index is 947. The molecule has 2 aliphatic rings. The van der Waals surface area contributed by atoms with Gasteiger partial charge in [0.15, 0.2) is 21.3 Å². The van der Waals surface area contributed by atoms with Crippen molar-refractivity contribution in [3.05, 3.63) is 24.7 Å². The number of imidazole rings is 1. The number of halogens is 1. The predicted molar refractivity (Wildman–Crippen MR) is 112 cm³/mol. The third kappa shape index (κ3) is 4.96. The van der Waals surface area contributed by atoms with Crippen molar-refractivity contribution in [3.8, 4) is 28.5 Å². The van der Waals surface area contributed by atoms with Gasteiger partial charge in [-0.05, 0) is 12.5 Å². The van der Waals surface area contributed by atoms with Crippen molar-refractivity contribution >= 4 is 22.2 Å². The van der Waals surface area contributed by atoms with Crippen molar-refractivity contribution in [1.29, 1.82) is 0 Å². The van der Waals surface area contributed by atoms with Gasteiger partial charge >= 0.3 is 0 Å². The molecule has 2 aliphatic heterocycles. The number of nitrogens with zero attached hydrogens (tertiary/aromatic N) is 2. The number of hydrogen-bond acceptors (Lipinski definition) is 7.